The first-order valence-electron chi connectivity index (χ1n) is 4.40. The highest BCUT2D eigenvalue weighted by atomic mass is 79.9. The topological polar surface area (TPSA) is 73.8 Å². The van der Waals surface area contributed by atoms with E-state index in [4.69, 9.17) is 5.73 Å². The smallest absolute Gasteiger partial charge is 0.185 e. The monoisotopic (exact) mass is 260 g/mol. The lowest BCUT2D eigenvalue weighted by Crippen LogP contribution is -2.24. The molecule has 1 rings (SSSR count). The van der Waals surface area contributed by atoms with Crippen LogP contribution >= 0.6 is 15.9 Å². The predicted molar refractivity (Wildman–Crippen MR) is 55.9 cm³/mol. The van der Waals surface area contributed by atoms with Crippen LogP contribution in [0.25, 0.3) is 0 Å². The standard InChI is InChI=1S/C8H13BrN4O/c1-3-5(10)4-6(14)7-8(9)11-12-13(7)2/h5H,3-4,10H2,1-2H3. The number of ketones is 1. The molecular weight excluding hydrogens is 248 g/mol. The lowest BCUT2D eigenvalue weighted by molar-refractivity contribution is 0.0964. The maximum Gasteiger partial charge on any atom is 0.185 e. The number of carbonyl (C=O) groups excluding carboxylic acids is 1. The van der Waals surface area contributed by atoms with E-state index >= 15 is 0 Å². The molecule has 2 N–H and O–H groups in total. The summed E-state index contributed by atoms with van der Waals surface area (Å²) in [5.74, 6) is -0.0290. The van der Waals surface area contributed by atoms with Crippen molar-refractivity contribution in [2.24, 2.45) is 12.8 Å². The van der Waals surface area contributed by atoms with Crippen molar-refractivity contribution >= 4 is 21.7 Å². The van der Waals surface area contributed by atoms with Gasteiger partial charge in [0.05, 0.1) is 0 Å². The first-order valence-corrected chi connectivity index (χ1v) is 5.19. The van der Waals surface area contributed by atoms with E-state index in [0.717, 1.165) is 6.42 Å². The number of carbonyl (C=O) groups is 1. The van der Waals surface area contributed by atoms with Crippen molar-refractivity contribution in [1.29, 1.82) is 0 Å². The van der Waals surface area contributed by atoms with E-state index in [-0.39, 0.29) is 11.8 Å². The Labute approximate surface area is 90.8 Å². The SMILES string of the molecule is CCC(N)CC(=O)c1c(Br)nnn1C. The molecule has 1 aromatic heterocycles. The number of aryl methyl sites for hydroxylation is 1. The van der Waals surface area contributed by atoms with Gasteiger partial charge in [-0.15, -0.1) is 5.10 Å². The van der Waals surface area contributed by atoms with Crippen molar-refractivity contribution < 1.29 is 4.79 Å². The summed E-state index contributed by atoms with van der Waals surface area (Å²) in [6.07, 6.45) is 1.12. The van der Waals surface area contributed by atoms with Gasteiger partial charge in [-0.25, -0.2) is 4.68 Å². The molecule has 14 heavy (non-hydrogen) atoms. The molecule has 1 unspecified atom stereocenters. The van der Waals surface area contributed by atoms with E-state index in [0.29, 0.717) is 16.7 Å². The number of rotatable bonds is 4. The molecule has 1 atom stereocenters. The van der Waals surface area contributed by atoms with E-state index < -0.39 is 0 Å². The lowest BCUT2D eigenvalue weighted by Gasteiger charge is -2.06. The molecule has 0 fully saturated rings. The maximum absolute atomic E-state index is 11.7. The lowest BCUT2D eigenvalue weighted by atomic mass is 10.1. The van der Waals surface area contributed by atoms with Gasteiger partial charge in [0, 0.05) is 19.5 Å². The largest absolute Gasteiger partial charge is 0.327 e. The van der Waals surface area contributed by atoms with Gasteiger partial charge in [-0.3, -0.25) is 4.79 Å². The predicted octanol–water partition coefficient (Wildman–Crippen LogP) is 0.888. The zero-order valence-electron chi connectivity index (χ0n) is 8.20. The Morgan fingerprint density at radius 2 is 2.36 bits per heavy atom. The van der Waals surface area contributed by atoms with Gasteiger partial charge in [-0.1, -0.05) is 12.1 Å². The Hall–Kier alpha value is -0.750. The number of nitrogens with zero attached hydrogens (tertiary/aromatic N) is 3. The molecule has 1 heterocycles. The van der Waals surface area contributed by atoms with Gasteiger partial charge in [-0.2, -0.15) is 0 Å². The molecule has 0 aromatic carbocycles. The summed E-state index contributed by atoms with van der Waals surface area (Å²) in [7, 11) is 1.68. The van der Waals surface area contributed by atoms with Crippen LogP contribution in [0.5, 0.6) is 0 Å². The number of aromatic nitrogens is 3. The molecule has 0 saturated carbocycles. The summed E-state index contributed by atoms with van der Waals surface area (Å²) in [4.78, 5) is 11.7. The summed E-state index contributed by atoms with van der Waals surface area (Å²) in [5, 5.41) is 7.47. The van der Waals surface area contributed by atoms with Crippen molar-refractivity contribution in [3.05, 3.63) is 10.3 Å². The second kappa shape index (κ2) is 4.65. The fourth-order valence-electron chi connectivity index (χ4n) is 1.11. The first-order chi connectivity index (χ1) is 6.56. The fourth-order valence-corrected chi connectivity index (χ4v) is 1.66. The number of hydrogen-bond donors (Lipinski definition) is 1. The average Bonchev–Trinajstić information content (AvgIpc) is 2.46. The normalized spacial score (nSPS) is 12.9. The zero-order chi connectivity index (χ0) is 10.7. The third kappa shape index (κ3) is 2.39. The van der Waals surface area contributed by atoms with Gasteiger partial charge >= 0.3 is 0 Å². The summed E-state index contributed by atoms with van der Waals surface area (Å²) in [6.45, 7) is 1.95. The molecule has 0 aliphatic carbocycles. The van der Waals surface area contributed by atoms with Crippen LogP contribution in [-0.2, 0) is 7.05 Å². The molecule has 0 spiro atoms. The van der Waals surface area contributed by atoms with Gasteiger partial charge in [0.2, 0.25) is 0 Å². The van der Waals surface area contributed by atoms with E-state index in [2.05, 4.69) is 26.2 Å². The van der Waals surface area contributed by atoms with Crippen LogP contribution in [0, 0.1) is 0 Å². The Morgan fingerprint density at radius 3 is 2.79 bits per heavy atom. The number of Topliss-reactive ketones (excluding diaryl/α,β-unsaturated/α-hetero) is 1. The van der Waals surface area contributed by atoms with Gasteiger partial charge in [-0.05, 0) is 22.4 Å². The summed E-state index contributed by atoms with van der Waals surface area (Å²) >= 11 is 3.17. The van der Waals surface area contributed by atoms with Gasteiger partial charge in [0.15, 0.2) is 10.4 Å². The molecule has 0 amide bonds. The molecule has 1 aromatic rings. The van der Waals surface area contributed by atoms with Crippen LogP contribution in [0.2, 0.25) is 0 Å². The number of hydrogen-bond acceptors (Lipinski definition) is 4. The minimum Gasteiger partial charge on any atom is -0.327 e. The Morgan fingerprint density at radius 1 is 1.71 bits per heavy atom. The van der Waals surface area contributed by atoms with Crippen LogP contribution < -0.4 is 5.73 Å². The Balaban J connectivity index is 2.79. The summed E-state index contributed by atoms with van der Waals surface area (Å²) in [6, 6.07) is -0.0932. The molecule has 5 nitrogen and oxygen atoms in total. The molecule has 0 saturated heterocycles. The number of nitrogens with two attached hydrogens (primary N) is 1. The first kappa shape index (κ1) is 11.3. The Kier molecular flexibility index (Phi) is 3.77. The third-order valence-corrected chi connectivity index (χ3v) is 2.56. The van der Waals surface area contributed by atoms with Crippen LogP contribution in [-0.4, -0.2) is 26.8 Å². The van der Waals surface area contributed by atoms with Crippen LogP contribution in [0.4, 0.5) is 0 Å². The maximum atomic E-state index is 11.7. The minimum atomic E-state index is -0.0932. The van der Waals surface area contributed by atoms with E-state index in [1.807, 2.05) is 6.92 Å². The van der Waals surface area contributed by atoms with Crippen molar-refractivity contribution in [3.63, 3.8) is 0 Å². The molecule has 78 valence electrons. The van der Waals surface area contributed by atoms with Crippen LogP contribution in [0.15, 0.2) is 4.60 Å². The number of halogens is 1. The quantitative estimate of drug-likeness (QED) is 0.817. The van der Waals surface area contributed by atoms with Crippen molar-refractivity contribution in [2.45, 2.75) is 25.8 Å². The van der Waals surface area contributed by atoms with E-state index in [1.165, 1.54) is 4.68 Å². The third-order valence-electron chi connectivity index (χ3n) is 2.02. The molecule has 0 bridgehead atoms. The van der Waals surface area contributed by atoms with Crippen molar-refractivity contribution in [1.82, 2.24) is 15.0 Å². The van der Waals surface area contributed by atoms with E-state index in [1.54, 1.807) is 7.05 Å². The molecule has 0 aliphatic rings. The summed E-state index contributed by atoms with van der Waals surface area (Å²) < 4.78 is 1.93. The minimum absolute atomic E-state index is 0.0290. The molecular formula is C8H13BrN4O. The van der Waals surface area contributed by atoms with Crippen LogP contribution in [0.1, 0.15) is 30.3 Å². The molecule has 0 aliphatic heterocycles. The van der Waals surface area contributed by atoms with Gasteiger partial charge in [0.1, 0.15) is 5.69 Å². The molecule has 0 radical (unpaired) electrons. The zero-order valence-corrected chi connectivity index (χ0v) is 9.78. The highest BCUT2D eigenvalue weighted by Crippen LogP contribution is 2.14. The highest BCUT2D eigenvalue weighted by Gasteiger charge is 2.18. The van der Waals surface area contributed by atoms with Gasteiger partial charge < -0.3 is 5.73 Å². The average molecular weight is 261 g/mol. The van der Waals surface area contributed by atoms with Crippen molar-refractivity contribution in [3.8, 4) is 0 Å². The molecule has 6 heteroatoms. The van der Waals surface area contributed by atoms with Crippen LogP contribution in [0.3, 0.4) is 0 Å². The fraction of sp³-hybridized carbons (Fsp3) is 0.625. The highest BCUT2D eigenvalue weighted by molar-refractivity contribution is 9.10. The van der Waals surface area contributed by atoms with Crippen molar-refractivity contribution in [2.75, 3.05) is 0 Å². The second-order valence-corrected chi connectivity index (χ2v) is 3.90. The second-order valence-electron chi connectivity index (χ2n) is 3.15. The Bertz CT molecular complexity index is 317. The van der Waals surface area contributed by atoms with Gasteiger partial charge in [0.25, 0.3) is 0 Å². The van der Waals surface area contributed by atoms with E-state index in [9.17, 15) is 4.79 Å². The summed E-state index contributed by atoms with van der Waals surface area (Å²) in [5.41, 5.74) is 6.17.